The molecule has 2 heteroatoms. The molecule has 0 saturated carbocycles. The van der Waals surface area contributed by atoms with Crippen LogP contribution in [0.15, 0.2) is 24.3 Å². The summed E-state index contributed by atoms with van der Waals surface area (Å²) in [6, 6.07) is 8.54. The van der Waals surface area contributed by atoms with Gasteiger partial charge in [-0.15, -0.1) is 0 Å². The predicted octanol–water partition coefficient (Wildman–Crippen LogP) is 3.30. The van der Waals surface area contributed by atoms with Gasteiger partial charge in [0.05, 0.1) is 0 Å². The molecular weight excluding hydrogens is 235 g/mol. The van der Waals surface area contributed by atoms with Crippen molar-refractivity contribution >= 4 is 5.69 Å². The number of benzene rings is 1. The Bertz CT molecular complexity index is 216. The molecule has 0 atom stereocenters. The Balaban J connectivity index is 0. The molecule has 1 aromatic carbocycles. The molecular formula is C11H18NY-. The van der Waals surface area contributed by atoms with Gasteiger partial charge in [0.25, 0.3) is 0 Å². The van der Waals surface area contributed by atoms with Crippen LogP contribution >= 0.6 is 0 Å². The zero-order valence-corrected chi connectivity index (χ0v) is 11.8. The van der Waals surface area contributed by atoms with Crippen LogP contribution in [-0.4, -0.2) is 7.05 Å². The summed E-state index contributed by atoms with van der Waals surface area (Å²) in [5.74, 6) is 0.626. The van der Waals surface area contributed by atoms with E-state index in [1.807, 2.05) is 7.05 Å². The molecule has 0 amide bonds. The molecule has 13 heavy (non-hydrogen) atoms. The van der Waals surface area contributed by atoms with Crippen LogP contribution in [0, 0.1) is 7.43 Å². The SMILES string of the molecule is CNc1ccc(C(C)C)cc1.[CH3-].[Y]. The molecule has 0 aliphatic heterocycles. The van der Waals surface area contributed by atoms with E-state index in [-0.39, 0.29) is 40.1 Å². The Hall–Kier alpha value is 0.124. The molecule has 1 aromatic rings. The van der Waals surface area contributed by atoms with Gasteiger partial charge in [0.1, 0.15) is 0 Å². The van der Waals surface area contributed by atoms with Crippen molar-refractivity contribution in [2.75, 3.05) is 12.4 Å². The van der Waals surface area contributed by atoms with Gasteiger partial charge in [-0.2, -0.15) is 0 Å². The number of nitrogens with one attached hydrogen (secondary N) is 1. The van der Waals surface area contributed by atoms with Crippen molar-refractivity contribution in [3.8, 4) is 0 Å². The molecule has 1 N–H and O–H groups in total. The molecule has 0 fully saturated rings. The van der Waals surface area contributed by atoms with Gasteiger partial charge in [-0.1, -0.05) is 26.0 Å². The smallest absolute Gasteiger partial charge is 0.0337 e. The van der Waals surface area contributed by atoms with Gasteiger partial charge in [0.15, 0.2) is 0 Å². The summed E-state index contributed by atoms with van der Waals surface area (Å²) in [4.78, 5) is 0. The Morgan fingerprint density at radius 1 is 1.08 bits per heavy atom. The molecule has 1 radical (unpaired) electrons. The first-order valence-electron chi connectivity index (χ1n) is 4.01. The fourth-order valence-electron chi connectivity index (χ4n) is 1.03. The molecule has 0 aliphatic carbocycles. The van der Waals surface area contributed by atoms with Crippen molar-refractivity contribution in [2.24, 2.45) is 0 Å². The summed E-state index contributed by atoms with van der Waals surface area (Å²) in [7, 11) is 1.93. The second kappa shape index (κ2) is 7.52. The quantitative estimate of drug-likeness (QED) is 0.797. The van der Waals surface area contributed by atoms with Crippen LogP contribution < -0.4 is 5.32 Å². The summed E-state index contributed by atoms with van der Waals surface area (Å²) in [5, 5.41) is 3.09. The van der Waals surface area contributed by atoms with Crippen LogP contribution in [0.3, 0.4) is 0 Å². The molecule has 0 spiro atoms. The van der Waals surface area contributed by atoms with E-state index in [1.165, 1.54) is 11.3 Å². The fourth-order valence-corrected chi connectivity index (χ4v) is 1.03. The normalized spacial score (nSPS) is 8.62. The summed E-state index contributed by atoms with van der Waals surface area (Å²) in [6.45, 7) is 4.41. The van der Waals surface area contributed by atoms with E-state index in [0.29, 0.717) is 5.92 Å². The topological polar surface area (TPSA) is 12.0 Å². The van der Waals surface area contributed by atoms with Crippen molar-refractivity contribution in [3.05, 3.63) is 37.3 Å². The average molecular weight is 253 g/mol. The fraction of sp³-hybridized carbons (Fsp3) is 0.364. The van der Waals surface area contributed by atoms with Gasteiger partial charge in [-0.3, -0.25) is 0 Å². The first-order chi connectivity index (χ1) is 5.24. The third-order valence-electron chi connectivity index (χ3n) is 1.87. The van der Waals surface area contributed by atoms with Crippen LogP contribution in [0.4, 0.5) is 5.69 Å². The minimum absolute atomic E-state index is 0. The summed E-state index contributed by atoms with van der Waals surface area (Å²) >= 11 is 0. The third-order valence-corrected chi connectivity index (χ3v) is 1.87. The standard InChI is InChI=1S/C10H15N.CH3.Y/c1-8(2)9-4-6-10(11-3)7-5-9;;/h4-8,11H,1-3H3;1H3;/q;-1;. The second-order valence-corrected chi connectivity index (χ2v) is 3.03. The first kappa shape index (κ1) is 15.6. The van der Waals surface area contributed by atoms with Crippen molar-refractivity contribution in [2.45, 2.75) is 19.8 Å². The first-order valence-corrected chi connectivity index (χ1v) is 4.01. The van der Waals surface area contributed by atoms with E-state index in [9.17, 15) is 0 Å². The Kier molecular flexibility index (Phi) is 9.02. The van der Waals surface area contributed by atoms with Crippen molar-refractivity contribution in [3.63, 3.8) is 0 Å². The van der Waals surface area contributed by atoms with E-state index < -0.39 is 0 Å². The monoisotopic (exact) mass is 253 g/mol. The molecule has 0 bridgehead atoms. The third kappa shape index (κ3) is 4.78. The number of hydrogen-bond acceptors (Lipinski definition) is 1. The van der Waals surface area contributed by atoms with Crippen LogP contribution in [-0.2, 0) is 32.7 Å². The van der Waals surface area contributed by atoms with Gasteiger partial charge in [0, 0.05) is 45.4 Å². The molecule has 1 rings (SSSR count). The molecule has 0 aromatic heterocycles. The molecule has 1 nitrogen and oxygen atoms in total. The number of hydrogen-bond donors (Lipinski definition) is 1. The zero-order valence-electron chi connectivity index (χ0n) is 8.96. The van der Waals surface area contributed by atoms with E-state index in [1.54, 1.807) is 0 Å². The van der Waals surface area contributed by atoms with Crippen LogP contribution in [0.1, 0.15) is 25.3 Å². The summed E-state index contributed by atoms with van der Waals surface area (Å²) in [6.07, 6.45) is 0. The zero-order chi connectivity index (χ0) is 8.27. The molecule has 0 aliphatic rings. The van der Waals surface area contributed by atoms with Gasteiger partial charge in [-0.25, -0.2) is 0 Å². The molecule has 0 saturated heterocycles. The summed E-state index contributed by atoms with van der Waals surface area (Å²) in [5.41, 5.74) is 2.57. The van der Waals surface area contributed by atoms with Crippen molar-refractivity contribution in [1.29, 1.82) is 0 Å². The Morgan fingerprint density at radius 3 is 1.85 bits per heavy atom. The van der Waals surface area contributed by atoms with Gasteiger partial charge >= 0.3 is 0 Å². The molecule has 0 heterocycles. The van der Waals surface area contributed by atoms with E-state index in [4.69, 9.17) is 0 Å². The van der Waals surface area contributed by atoms with Crippen molar-refractivity contribution in [1.82, 2.24) is 0 Å². The van der Waals surface area contributed by atoms with E-state index in [0.717, 1.165) is 0 Å². The predicted molar refractivity (Wildman–Crippen MR) is 56.5 cm³/mol. The van der Waals surface area contributed by atoms with E-state index >= 15 is 0 Å². The maximum absolute atomic E-state index is 3.09. The molecule has 71 valence electrons. The minimum atomic E-state index is 0. The van der Waals surface area contributed by atoms with Gasteiger partial charge < -0.3 is 12.7 Å². The minimum Gasteiger partial charge on any atom is -0.388 e. The maximum Gasteiger partial charge on any atom is 0.0337 e. The van der Waals surface area contributed by atoms with Gasteiger partial charge in [-0.05, 0) is 23.6 Å². The van der Waals surface area contributed by atoms with Crippen LogP contribution in [0.25, 0.3) is 0 Å². The number of anilines is 1. The maximum atomic E-state index is 3.09. The van der Waals surface area contributed by atoms with Gasteiger partial charge in [0.2, 0.25) is 0 Å². The largest absolute Gasteiger partial charge is 0.388 e. The Morgan fingerprint density at radius 2 is 1.54 bits per heavy atom. The average Bonchev–Trinajstić information content (AvgIpc) is 2.05. The summed E-state index contributed by atoms with van der Waals surface area (Å²) < 4.78 is 0. The second-order valence-electron chi connectivity index (χ2n) is 3.03. The molecule has 0 unspecified atom stereocenters. The van der Waals surface area contributed by atoms with Crippen LogP contribution in [0.5, 0.6) is 0 Å². The Labute approximate surface area is 107 Å². The van der Waals surface area contributed by atoms with Crippen molar-refractivity contribution < 1.29 is 32.7 Å². The number of rotatable bonds is 2. The van der Waals surface area contributed by atoms with Crippen LogP contribution in [0.2, 0.25) is 0 Å². The van der Waals surface area contributed by atoms with E-state index in [2.05, 4.69) is 43.4 Å².